The minimum Gasteiger partial charge on any atom is -0.845 e. The normalized spacial score (nSPS) is 11.3. The van der Waals surface area contributed by atoms with Crippen LogP contribution in [-0.4, -0.2) is 36.4 Å². The molecule has 0 spiro atoms. The fourth-order valence-electron chi connectivity index (χ4n) is 1.68. The third-order valence-electron chi connectivity index (χ3n) is 2.70. The van der Waals surface area contributed by atoms with Crippen molar-refractivity contribution in [3.05, 3.63) is 46.1 Å². The molecule has 12 nitrogen and oxygen atoms in total. The van der Waals surface area contributed by atoms with Crippen molar-refractivity contribution in [2.75, 3.05) is 12.4 Å². The Morgan fingerprint density at radius 3 is 2.44 bits per heavy atom. The van der Waals surface area contributed by atoms with E-state index in [1.54, 1.807) is 6.92 Å². The van der Waals surface area contributed by atoms with Crippen molar-refractivity contribution >= 4 is 28.0 Å². The summed E-state index contributed by atoms with van der Waals surface area (Å²) in [5.74, 6) is -0.292. The van der Waals surface area contributed by atoms with Crippen molar-refractivity contribution in [1.82, 2.24) is 9.97 Å². The van der Waals surface area contributed by atoms with Crippen LogP contribution in [0.4, 0.5) is 11.6 Å². The van der Waals surface area contributed by atoms with Gasteiger partial charge in [-0.2, -0.15) is 13.4 Å². The van der Waals surface area contributed by atoms with Gasteiger partial charge in [0.05, 0.1) is 18.1 Å². The van der Waals surface area contributed by atoms with Gasteiger partial charge in [-0.15, -0.1) is 4.40 Å². The first kappa shape index (κ1) is 22.6. The Morgan fingerprint density at radius 1 is 1.26 bits per heavy atom. The van der Waals surface area contributed by atoms with Crippen LogP contribution in [0, 0.1) is 17.0 Å². The number of ether oxygens (including phenoxy) is 1. The van der Waals surface area contributed by atoms with Gasteiger partial charge in [0, 0.05) is 23.9 Å². The first-order valence-electron chi connectivity index (χ1n) is 6.81. The molecular formula is C13H12N5NaO7S. The van der Waals surface area contributed by atoms with E-state index in [4.69, 9.17) is 4.74 Å². The van der Waals surface area contributed by atoms with Gasteiger partial charge in [-0.05, 0) is 19.1 Å². The Balaban J connectivity index is 0.00000364. The summed E-state index contributed by atoms with van der Waals surface area (Å²) in [5, 5.41) is 24.3. The van der Waals surface area contributed by atoms with Crippen molar-refractivity contribution in [2.24, 2.45) is 4.40 Å². The van der Waals surface area contributed by atoms with E-state index < -0.39 is 21.2 Å². The van der Waals surface area contributed by atoms with Gasteiger partial charge in [0.1, 0.15) is 5.75 Å². The number of anilines is 1. The van der Waals surface area contributed by atoms with Crippen molar-refractivity contribution in [3.63, 3.8) is 0 Å². The SMILES string of the molecule is COc1cc(C)nc(NC([O-])=NS(=O)(=O)Oc2ccc([N+](=O)[O-])cc2)n1.[Na+]. The Morgan fingerprint density at radius 2 is 1.89 bits per heavy atom. The fourth-order valence-corrected chi connectivity index (χ4v) is 2.32. The molecule has 0 unspecified atom stereocenters. The molecule has 14 heteroatoms. The van der Waals surface area contributed by atoms with Gasteiger partial charge in [0.25, 0.3) is 5.69 Å². The molecule has 1 N–H and O–H groups in total. The maximum atomic E-state index is 11.8. The maximum absolute atomic E-state index is 11.8. The first-order valence-corrected chi connectivity index (χ1v) is 8.17. The van der Waals surface area contributed by atoms with Crippen molar-refractivity contribution < 1.29 is 56.9 Å². The number of methoxy groups -OCH3 is 1. The monoisotopic (exact) mass is 405 g/mol. The predicted octanol–water partition coefficient (Wildman–Crippen LogP) is -2.84. The molecule has 0 radical (unpaired) electrons. The number of benzene rings is 1. The van der Waals surface area contributed by atoms with Gasteiger partial charge in [0.15, 0.2) is 0 Å². The van der Waals surface area contributed by atoms with E-state index in [1.807, 2.05) is 0 Å². The Bertz CT molecular complexity index is 950. The molecule has 27 heavy (non-hydrogen) atoms. The summed E-state index contributed by atoms with van der Waals surface area (Å²) in [6.07, 6.45) is 0. The molecule has 0 aliphatic rings. The summed E-state index contributed by atoms with van der Waals surface area (Å²) in [7, 11) is -3.30. The van der Waals surface area contributed by atoms with Gasteiger partial charge in [-0.1, -0.05) is 0 Å². The summed E-state index contributed by atoms with van der Waals surface area (Å²) in [6, 6.07) is 4.39. The second-order valence-corrected chi connectivity index (χ2v) is 5.86. The largest absolute Gasteiger partial charge is 1.00 e. The molecule has 0 aliphatic carbocycles. The second-order valence-electron chi connectivity index (χ2n) is 4.66. The molecule has 0 bridgehead atoms. The Kier molecular flexibility index (Phi) is 7.90. The van der Waals surface area contributed by atoms with Crippen LogP contribution in [0.3, 0.4) is 0 Å². The quantitative estimate of drug-likeness (QED) is 0.174. The molecule has 2 rings (SSSR count). The number of hydrogen-bond donors (Lipinski definition) is 1. The van der Waals surface area contributed by atoms with Gasteiger partial charge >= 0.3 is 39.9 Å². The number of aryl methyl sites for hydroxylation is 1. The minimum atomic E-state index is -4.66. The number of hydrogen-bond acceptors (Lipinski definition) is 9. The van der Waals surface area contributed by atoms with Crippen LogP contribution in [0.25, 0.3) is 0 Å². The van der Waals surface area contributed by atoms with Crippen LogP contribution in [0.15, 0.2) is 34.7 Å². The molecule has 2 aromatic rings. The third-order valence-corrected chi connectivity index (χ3v) is 3.49. The zero-order valence-corrected chi connectivity index (χ0v) is 17.3. The molecule has 138 valence electrons. The molecule has 0 atom stereocenters. The number of nitro benzene ring substituents is 1. The summed E-state index contributed by atoms with van der Waals surface area (Å²) in [6.45, 7) is 1.62. The molecule has 1 aromatic carbocycles. The minimum absolute atomic E-state index is 0. The van der Waals surface area contributed by atoms with Crippen LogP contribution in [0.2, 0.25) is 0 Å². The molecule has 0 amide bonds. The van der Waals surface area contributed by atoms with Crippen LogP contribution < -0.4 is 48.9 Å². The summed E-state index contributed by atoms with van der Waals surface area (Å²) < 4.78 is 35.9. The maximum Gasteiger partial charge on any atom is 1.00 e. The van der Waals surface area contributed by atoms with E-state index in [1.165, 1.54) is 13.2 Å². The van der Waals surface area contributed by atoms with Crippen molar-refractivity contribution in [1.29, 1.82) is 0 Å². The van der Waals surface area contributed by atoms with E-state index in [9.17, 15) is 23.6 Å². The average molecular weight is 405 g/mol. The first-order chi connectivity index (χ1) is 12.2. The second kappa shape index (κ2) is 9.45. The number of amidine groups is 1. The molecule has 0 fully saturated rings. The number of aromatic nitrogens is 2. The van der Waals surface area contributed by atoms with Gasteiger partial charge < -0.3 is 19.3 Å². The van der Waals surface area contributed by atoms with E-state index in [-0.39, 0.29) is 52.8 Å². The van der Waals surface area contributed by atoms with Gasteiger partial charge in [-0.25, -0.2) is 4.98 Å². The predicted molar refractivity (Wildman–Crippen MR) is 87.0 cm³/mol. The molecule has 1 aromatic heterocycles. The molecule has 0 saturated carbocycles. The Labute approximate surface area is 176 Å². The van der Waals surface area contributed by atoms with Crippen LogP contribution in [0.1, 0.15) is 5.69 Å². The number of nitrogens with one attached hydrogen (secondary N) is 1. The van der Waals surface area contributed by atoms with E-state index in [0.29, 0.717) is 5.69 Å². The zero-order chi connectivity index (χ0) is 19.3. The number of non-ortho nitro benzene ring substituents is 1. The molecule has 0 saturated heterocycles. The van der Waals surface area contributed by atoms with Crippen LogP contribution >= 0.6 is 0 Å². The Hall–Kier alpha value is -2.48. The fraction of sp³-hybridized carbons (Fsp3) is 0.154. The number of rotatable bonds is 6. The van der Waals surface area contributed by atoms with Gasteiger partial charge in [-0.3, -0.25) is 10.1 Å². The van der Waals surface area contributed by atoms with Crippen molar-refractivity contribution in [3.8, 4) is 11.6 Å². The van der Waals surface area contributed by atoms with E-state index in [2.05, 4.69) is 23.9 Å². The number of nitro groups is 1. The third kappa shape index (κ3) is 6.97. The average Bonchev–Trinajstić information content (AvgIpc) is 2.53. The topological polar surface area (TPSA) is 169 Å². The van der Waals surface area contributed by atoms with Crippen molar-refractivity contribution in [2.45, 2.75) is 6.92 Å². The van der Waals surface area contributed by atoms with Crippen LogP contribution in [-0.2, 0) is 10.3 Å². The van der Waals surface area contributed by atoms with Crippen LogP contribution in [0.5, 0.6) is 11.6 Å². The van der Waals surface area contributed by atoms with E-state index in [0.717, 1.165) is 24.3 Å². The summed E-state index contributed by atoms with van der Waals surface area (Å²) >= 11 is 0. The summed E-state index contributed by atoms with van der Waals surface area (Å²) in [4.78, 5) is 17.6. The summed E-state index contributed by atoms with van der Waals surface area (Å²) in [5.41, 5.74) is 0.215. The smallest absolute Gasteiger partial charge is 0.845 e. The molecule has 0 aliphatic heterocycles. The zero-order valence-electron chi connectivity index (χ0n) is 14.4. The van der Waals surface area contributed by atoms with E-state index >= 15 is 0 Å². The molecule has 1 heterocycles. The van der Waals surface area contributed by atoms with Gasteiger partial charge in [0.2, 0.25) is 11.8 Å². The molecular weight excluding hydrogens is 393 g/mol. The number of nitrogens with zero attached hydrogens (tertiary/aromatic N) is 4. The standard InChI is InChI=1S/C13H13N5O7S.Na/c1-8-7-11(24-2)15-12(14-8)16-13(19)17-26(22,23)25-10-5-3-9(4-6-10)18(20)21;/h3-7H,1-2H3,(H2,14,15,16,17,19);/q;+1/p-1.